The molecule has 1 aliphatic rings. The van der Waals surface area contributed by atoms with Gasteiger partial charge in [0.1, 0.15) is 5.69 Å². The lowest BCUT2D eigenvalue weighted by molar-refractivity contribution is -0.114. The van der Waals surface area contributed by atoms with Gasteiger partial charge in [0.05, 0.1) is 6.04 Å². The third-order valence-corrected chi connectivity index (χ3v) is 3.81. The first-order valence-electron chi connectivity index (χ1n) is 7.36. The molecule has 0 aliphatic carbocycles. The zero-order valence-electron chi connectivity index (χ0n) is 12.8. The van der Waals surface area contributed by atoms with Crippen molar-refractivity contribution in [2.75, 3.05) is 23.3 Å². The number of nitrogens with one attached hydrogen (secondary N) is 1. The van der Waals surface area contributed by atoms with Gasteiger partial charge in [-0.15, -0.1) is 0 Å². The molecule has 0 spiro atoms. The quantitative estimate of drug-likeness (QED) is 0.867. The summed E-state index contributed by atoms with van der Waals surface area (Å²) in [6.07, 6.45) is 4.38. The van der Waals surface area contributed by atoms with Crippen molar-refractivity contribution in [1.29, 1.82) is 0 Å². The minimum absolute atomic E-state index is 0.140. The van der Waals surface area contributed by atoms with Crippen molar-refractivity contribution < 1.29 is 9.59 Å². The van der Waals surface area contributed by atoms with Crippen molar-refractivity contribution in [3.8, 4) is 0 Å². The number of amides is 2. The Morgan fingerprint density at radius 2 is 2.22 bits per heavy atom. The Morgan fingerprint density at radius 1 is 1.39 bits per heavy atom. The number of carbonyl (C=O) groups is 2. The van der Waals surface area contributed by atoms with Crippen LogP contribution in [-0.2, 0) is 4.79 Å². The molecule has 1 aliphatic heterocycles. The topological polar surface area (TPSA) is 106 Å². The number of aromatic nitrogens is 3. The Hall–Kier alpha value is -2.90. The Morgan fingerprint density at radius 3 is 2.96 bits per heavy atom. The summed E-state index contributed by atoms with van der Waals surface area (Å²) in [6.45, 7) is 3.07. The van der Waals surface area contributed by atoms with Crippen molar-refractivity contribution in [3.63, 3.8) is 0 Å². The van der Waals surface area contributed by atoms with Crippen LogP contribution in [0.5, 0.6) is 0 Å². The van der Waals surface area contributed by atoms with E-state index < -0.39 is 5.91 Å². The first-order chi connectivity index (χ1) is 11.0. The summed E-state index contributed by atoms with van der Waals surface area (Å²) >= 11 is 0. The summed E-state index contributed by atoms with van der Waals surface area (Å²) in [6, 6.07) is 5.56. The summed E-state index contributed by atoms with van der Waals surface area (Å²) < 4.78 is 1.86. The van der Waals surface area contributed by atoms with E-state index in [-0.39, 0.29) is 17.6 Å². The third-order valence-electron chi connectivity index (χ3n) is 3.81. The van der Waals surface area contributed by atoms with E-state index in [1.165, 1.54) is 6.92 Å². The van der Waals surface area contributed by atoms with E-state index in [4.69, 9.17) is 5.73 Å². The van der Waals surface area contributed by atoms with E-state index in [2.05, 4.69) is 20.3 Å². The minimum Gasteiger partial charge on any atom is -0.369 e. The first-order valence-corrected chi connectivity index (χ1v) is 7.36. The van der Waals surface area contributed by atoms with Crippen LogP contribution in [0, 0.1) is 0 Å². The van der Waals surface area contributed by atoms with Crippen molar-refractivity contribution >= 4 is 23.3 Å². The summed E-state index contributed by atoms with van der Waals surface area (Å²) in [5.41, 5.74) is 6.46. The van der Waals surface area contributed by atoms with Gasteiger partial charge in [-0.25, -0.2) is 0 Å². The molecule has 3 N–H and O–H groups in total. The van der Waals surface area contributed by atoms with Crippen LogP contribution >= 0.6 is 0 Å². The van der Waals surface area contributed by atoms with E-state index in [9.17, 15) is 9.59 Å². The van der Waals surface area contributed by atoms with Gasteiger partial charge >= 0.3 is 0 Å². The van der Waals surface area contributed by atoms with Crippen LogP contribution in [0.25, 0.3) is 0 Å². The van der Waals surface area contributed by atoms with Gasteiger partial charge in [-0.2, -0.15) is 5.10 Å². The van der Waals surface area contributed by atoms with E-state index in [0.717, 1.165) is 25.2 Å². The van der Waals surface area contributed by atoms with Gasteiger partial charge in [-0.3, -0.25) is 19.3 Å². The molecule has 1 saturated heterocycles. The molecule has 3 rings (SSSR count). The number of anilines is 2. The molecule has 2 aromatic rings. The van der Waals surface area contributed by atoms with E-state index in [0.29, 0.717) is 5.82 Å². The number of carbonyl (C=O) groups excluding carboxylic acids is 2. The maximum atomic E-state index is 11.2. The molecule has 1 fully saturated rings. The van der Waals surface area contributed by atoms with Crippen LogP contribution in [-0.4, -0.2) is 39.7 Å². The summed E-state index contributed by atoms with van der Waals surface area (Å²) in [4.78, 5) is 28.4. The predicted molar refractivity (Wildman–Crippen MR) is 85.2 cm³/mol. The number of primary amides is 1. The van der Waals surface area contributed by atoms with Crippen molar-refractivity contribution in [2.45, 2.75) is 19.4 Å². The van der Waals surface area contributed by atoms with Gasteiger partial charge in [0.15, 0.2) is 5.82 Å². The number of hydrogen-bond donors (Lipinski definition) is 2. The molecule has 2 aromatic heterocycles. The normalized spacial score (nSPS) is 17.3. The van der Waals surface area contributed by atoms with Crippen LogP contribution < -0.4 is 16.0 Å². The SMILES string of the molecule is CC(=O)Nc1ccn([C@@H]2CCN(c3ccnc(C(N)=O)c3)C2)n1. The Bertz CT molecular complexity index is 741. The van der Waals surface area contributed by atoms with Crippen LogP contribution in [0.1, 0.15) is 29.9 Å². The molecule has 0 bridgehead atoms. The van der Waals surface area contributed by atoms with Crippen LogP contribution in [0.15, 0.2) is 30.6 Å². The van der Waals surface area contributed by atoms with E-state index >= 15 is 0 Å². The largest absolute Gasteiger partial charge is 0.369 e. The summed E-state index contributed by atoms with van der Waals surface area (Å²) in [5.74, 6) is -0.121. The molecule has 8 heteroatoms. The van der Waals surface area contributed by atoms with E-state index in [1.807, 2.05) is 16.9 Å². The average Bonchev–Trinajstić information content (AvgIpc) is 3.15. The standard InChI is InChI=1S/C15H18N6O2/c1-10(22)18-14-4-7-21(19-14)12-3-6-20(9-12)11-2-5-17-13(8-11)15(16)23/h2,4-5,7-8,12H,3,6,9H2,1H3,(H2,16,23)(H,18,19,22)/t12-/m1/s1. The maximum Gasteiger partial charge on any atom is 0.267 e. The fraction of sp³-hybridized carbons (Fsp3) is 0.333. The second-order valence-corrected chi connectivity index (χ2v) is 5.51. The average molecular weight is 314 g/mol. The number of nitrogens with two attached hydrogens (primary N) is 1. The fourth-order valence-electron chi connectivity index (χ4n) is 2.73. The molecule has 0 radical (unpaired) electrons. The van der Waals surface area contributed by atoms with Gasteiger partial charge < -0.3 is 16.0 Å². The molecule has 1 atom stereocenters. The van der Waals surface area contributed by atoms with Crippen LogP contribution in [0.4, 0.5) is 11.5 Å². The highest BCUT2D eigenvalue weighted by Crippen LogP contribution is 2.27. The predicted octanol–water partition coefficient (Wildman–Crippen LogP) is 0.787. The molecule has 120 valence electrons. The second-order valence-electron chi connectivity index (χ2n) is 5.51. The van der Waals surface area contributed by atoms with E-state index in [1.54, 1.807) is 18.3 Å². The minimum atomic E-state index is -0.533. The van der Waals surface area contributed by atoms with Crippen LogP contribution in [0.2, 0.25) is 0 Å². The smallest absolute Gasteiger partial charge is 0.267 e. The number of nitrogens with zero attached hydrogens (tertiary/aromatic N) is 4. The van der Waals surface area contributed by atoms with Gasteiger partial charge in [-0.1, -0.05) is 0 Å². The lowest BCUT2D eigenvalue weighted by atomic mass is 10.3. The van der Waals surface area contributed by atoms with Crippen LogP contribution in [0.3, 0.4) is 0 Å². The molecule has 2 amide bonds. The highest BCUT2D eigenvalue weighted by molar-refractivity contribution is 5.91. The molecule has 8 nitrogen and oxygen atoms in total. The fourth-order valence-corrected chi connectivity index (χ4v) is 2.73. The third kappa shape index (κ3) is 3.31. The van der Waals surface area contributed by atoms with Gasteiger partial charge in [0.2, 0.25) is 5.91 Å². The lowest BCUT2D eigenvalue weighted by Crippen LogP contribution is -2.22. The molecule has 0 unspecified atom stereocenters. The van der Waals surface area contributed by atoms with Gasteiger partial charge in [0.25, 0.3) is 5.91 Å². The second kappa shape index (κ2) is 6.07. The van der Waals surface area contributed by atoms with Gasteiger partial charge in [0, 0.05) is 44.2 Å². The van der Waals surface area contributed by atoms with Crippen molar-refractivity contribution in [3.05, 3.63) is 36.3 Å². The summed E-state index contributed by atoms with van der Waals surface area (Å²) in [7, 11) is 0. The molecule has 0 aromatic carbocycles. The molecule has 23 heavy (non-hydrogen) atoms. The number of pyridine rings is 1. The molecule has 0 saturated carbocycles. The Balaban J connectivity index is 1.71. The van der Waals surface area contributed by atoms with Crippen molar-refractivity contribution in [2.24, 2.45) is 5.73 Å². The first kappa shape index (κ1) is 15.0. The number of hydrogen-bond acceptors (Lipinski definition) is 5. The van der Waals surface area contributed by atoms with Gasteiger partial charge in [-0.05, 0) is 18.6 Å². The monoisotopic (exact) mass is 314 g/mol. The maximum absolute atomic E-state index is 11.2. The highest BCUT2D eigenvalue weighted by Gasteiger charge is 2.25. The Labute approximate surface area is 133 Å². The van der Waals surface area contributed by atoms with Crippen molar-refractivity contribution in [1.82, 2.24) is 14.8 Å². The molecular formula is C15H18N6O2. The molecule has 3 heterocycles. The molecular weight excluding hydrogens is 296 g/mol. The highest BCUT2D eigenvalue weighted by atomic mass is 16.1. The summed E-state index contributed by atoms with van der Waals surface area (Å²) in [5, 5.41) is 7.05. The zero-order valence-corrected chi connectivity index (χ0v) is 12.8. The number of rotatable bonds is 4. The Kier molecular flexibility index (Phi) is 3.96. The zero-order chi connectivity index (χ0) is 16.4. The lowest BCUT2D eigenvalue weighted by Gasteiger charge is -2.19.